The summed E-state index contributed by atoms with van der Waals surface area (Å²) >= 11 is 6.19. The number of nitrogens with one attached hydrogen (secondary N) is 1. The molecule has 0 saturated carbocycles. The summed E-state index contributed by atoms with van der Waals surface area (Å²) in [4.78, 5) is 13.9. The number of carbonyl (C=O) groups is 1. The van der Waals surface area contributed by atoms with Crippen LogP contribution in [0.1, 0.15) is 12.5 Å². The average Bonchev–Trinajstić information content (AvgIpc) is 2.58. The molecule has 0 unspecified atom stereocenters. The number of hydrogen-bond donors (Lipinski definition) is 1. The van der Waals surface area contributed by atoms with Gasteiger partial charge in [-0.25, -0.2) is 5.43 Å². The zero-order chi connectivity index (χ0) is 17.4. The largest absolute Gasteiger partial charge is 0.493 e. The number of carbonyl (C=O) groups excluding carboxylic acids is 1. The van der Waals surface area contributed by atoms with Gasteiger partial charge in [0.1, 0.15) is 0 Å². The van der Waals surface area contributed by atoms with Gasteiger partial charge in [0.2, 0.25) is 0 Å². The minimum Gasteiger partial charge on any atom is -0.493 e. The highest BCUT2D eigenvalue weighted by molar-refractivity contribution is 6.32. The molecule has 0 radical (unpaired) electrons. The summed E-state index contributed by atoms with van der Waals surface area (Å²) in [5.74, 6) is 0.845. The van der Waals surface area contributed by atoms with Gasteiger partial charge in [-0.3, -0.25) is 9.69 Å². The van der Waals surface area contributed by atoms with Gasteiger partial charge < -0.3 is 14.2 Å². The zero-order valence-electron chi connectivity index (χ0n) is 13.9. The molecule has 1 N–H and O–H groups in total. The molecular formula is C16H22ClN3O4. The normalized spacial score (nSPS) is 15.5. The second kappa shape index (κ2) is 9.46. The quantitative estimate of drug-likeness (QED) is 0.593. The Labute approximate surface area is 146 Å². The third-order valence-corrected chi connectivity index (χ3v) is 3.69. The van der Waals surface area contributed by atoms with Crippen LogP contribution in [0.5, 0.6) is 11.5 Å². The van der Waals surface area contributed by atoms with E-state index in [4.69, 9.17) is 25.8 Å². The van der Waals surface area contributed by atoms with Crippen LogP contribution in [0, 0.1) is 0 Å². The van der Waals surface area contributed by atoms with Crippen LogP contribution in [0.4, 0.5) is 0 Å². The Kier molecular flexibility index (Phi) is 7.30. The van der Waals surface area contributed by atoms with Crippen LogP contribution in [-0.4, -0.2) is 63.6 Å². The Balaban J connectivity index is 1.93. The first-order valence-corrected chi connectivity index (χ1v) is 8.14. The van der Waals surface area contributed by atoms with E-state index in [-0.39, 0.29) is 5.91 Å². The maximum Gasteiger partial charge on any atom is 0.254 e. The topological polar surface area (TPSA) is 72.4 Å². The fraction of sp³-hybridized carbons (Fsp3) is 0.500. The van der Waals surface area contributed by atoms with Gasteiger partial charge in [0.05, 0.1) is 44.7 Å². The van der Waals surface area contributed by atoms with E-state index in [1.165, 1.54) is 6.21 Å². The van der Waals surface area contributed by atoms with Crippen LogP contribution >= 0.6 is 11.6 Å². The predicted molar refractivity (Wildman–Crippen MR) is 92.2 cm³/mol. The molecule has 0 aliphatic carbocycles. The summed E-state index contributed by atoms with van der Waals surface area (Å²) in [7, 11) is 1.54. The smallest absolute Gasteiger partial charge is 0.254 e. The van der Waals surface area contributed by atoms with Crippen LogP contribution in [0.3, 0.4) is 0 Å². The number of methoxy groups -OCH3 is 1. The third-order valence-electron chi connectivity index (χ3n) is 3.41. The monoisotopic (exact) mass is 355 g/mol. The van der Waals surface area contributed by atoms with Crippen molar-refractivity contribution >= 4 is 23.7 Å². The van der Waals surface area contributed by atoms with E-state index in [0.29, 0.717) is 48.5 Å². The fourth-order valence-corrected chi connectivity index (χ4v) is 2.55. The fourth-order valence-electron chi connectivity index (χ4n) is 2.28. The van der Waals surface area contributed by atoms with Gasteiger partial charge in [-0.2, -0.15) is 5.10 Å². The van der Waals surface area contributed by atoms with Crippen LogP contribution in [0.25, 0.3) is 0 Å². The summed E-state index contributed by atoms with van der Waals surface area (Å²) in [5, 5.41) is 4.39. The van der Waals surface area contributed by atoms with Crippen LogP contribution in [-0.2, 0) is 9.53 Å². The molecule has 24 heavy (non-hydrogen) atoms. The number of nitrogens with zero attached hydrogens (tertiary/aromatic N) is 2. The van der Waals surface area contributed by atoms with E-state index >= 15 is 0 Å². The van der Waals surface area contributed by atoms with Crippen molar-refractivity contribution in [2.24, 2.45) is 5.10 Å². The number of rotatable bonds is 7. The van der Waals surface area contributed by atoms with Crippen LogP contribution in [0.15, 0.2) is 17.2 Å². The average molecular weight is 356 g/mol. The summed E-state index contributed by atoms with van der Waals surface area (Å²) in [6, 6.07) is 3.45. The molecule has 1 aliphatic rings. The number of benzene rings is 1. The predicted octanol–water partition coefficient (Wildman–Crippen LogP) is 1.53. The van der Waals surface area contributed by atoms with Crippen LogP contribution in [0.2, 0.25) is 5.02 Å². The highest BCUT2D eigenvalue weighted by atomic mass is 35.5. The van der Waals surface area contributed by atoms with Gasteiger partial charge >= 0.3 is 0 Å². The lowest BCUT2D eigenvalue weighted by molar-refractivity contribution is -0.123. The molecule has 1 amide bonds. The van der Waals surface area contributed by atoms with Crippen molar-refractivity contribution < 1.29 is 19.0 Å². The second-order valence-electron chi connectivity index (χ2n) is 5.15. The molecule has 7 nitrogen and oxygen atoms in total. The molecule has 8 heteroatoms. The lowest BCUT2D eigenvalue weighted by atomic mass is 10.2. The van der Waals surface area contributed by atoms with E-state index in [0.717, 1.165) is 13.1 Å². The summed E-state index contributed by atoms with van der Waals surface area (Å²) in [6.45, 7) is 5.47. The van der Waals surface area contributed by atoms with Crippen molar-refractivity contribution in [3.8, 4) is 11.5 Å². The van der Waals surface area contributed by atoms with Gasteiger partial charge in [-0.15, -0.1) is 0 Å². The summed E-state index contributed by atoms with van der Waals surface area (Å²) in [5.41, 5.74) is 3.21. The molecule has 132 valence electrons. The number of hydrazone groups is 1. The first kappa shape index (κ1) is 18.5. The number of halogens is 1. The first-order valence-electron chi connectivity index (χ1n) is 7.76. The van der Waals surface area contributed by atoms with E-state index in [1.54, 1.807) is 19.2 Å². The highest BCUT2D eigenvalue weighted by Gasteiger charge is 2.14. The molecule has 0 spiro atoms. The van der Waals surface area contributed by atoms with Crippen molar-refractivity contribution in [3.63, 3.8) is 0 Å². The minimum absolute atomic E-state index is 0.169. The Bertz CT molecular complexity index is 589. The van der Waals surface area contributed by atoms with Gasteiger partial charge in [-0.05, 0) is 24.6 Å². The van der Waals surface area contributed by atoms with Crippen molar-refractivity contribution in [2.75, 3.05) is 46.6 Å². The van der Waals surface area contributed by atoms with Gasteiger partial charge in [0.25, 0.3) is 5.91 Å². The maximum absolute atomic E-state index is 11.9. The summed E-state index contributed by atoms with van der Waals surface area (Å²) in [6.07, 6.45) is 1.52. The molecule has 0 bridgehead atoms. The maximum atomic E-state index is 11.9. The van der Waals surface area contributed by atoms with Crippen LogP contribution < -0.4 is 14.9 Å². The van der Waals surface area contributed by atoms with Gasteiger partial charge in [0, 0.05) is 13.1 Å². The van der Waals surface area contributed by atoms with Gasteiger partial charge in [-0.1, -0.05) is 11.6 Å². The highest BCUT2D eigenvalue weighted by Crippen LogP contribution is 2.35. The number of ether oxygens (including phenoxy) is 3. The molecule has 1 fully saturated rings. The lowest BCUT2D eigenvalue weighted by Gasteiger charge is -2.25. The molecule has 1 aliphatic heterocycles. The zero-order valence-corrected chi connectivity index (χ0v) is 14.6. The SMILES string of the molecule is CCOc1c(Cl)cc(C=NNC(=O)CN2CCOCC2)cc1OC. The first-order chi connectivity index (χ1) is 11.6. The van der Waals surface area contributed by atoms with Crippen molar-refractivity contribution in [3.05, 3.63) is 22.7 Å². The molecule has 1 aromatic rings. The Morgan fingerprint density at radius 1 is 1.46 bits per heavy atom. The minimum atomic E-state index is -0.169. The molecule has 1 saturated heterocycles. The van der Waals surface area contributed by atoms with Crippen molar-refractivity contribution in [2.45, 2.75) is 6.92 Å². The molecule has 1 aromatic carbocycles. The molecule has 0 aromatic heterocycles. The number of morpholine rings is 1. The lowest BCUT2D eigenvalue weighted by Crippen LogP contribution is -2.42. The van der Waals surface area contributed by atoms with Crippen molar-refractivity contribution in [1.82, 2.24) is 10.3 Å². The molecular weight excluding hydrogens is 334 g/mol. The Morgan fingerprint density at radius 3 is 2.88 bits per heavy atom. The van der Waals surface area contributed by atoms with E-state index < -0.39 is 0 Å². The van der Waals surface area contributed by atoms with Crippen molar-refractivity contribution in [1.29, 1.82) is 0 Å². The standard InChI is InChI=1S/C16H22ClN3O4/c1-3-24-16-13(17)8-12(9-14(16)22-2)10-18-19-15(21)11-20-4-6-23-7-5-20/h8-10H,3-7,11H2,1-2H3,(H,19,21). The molecule has 1 heterocycles. The Morgan fingerprint density at radius 2 is 2.21 bits per heavy atom. The number of amides is 1. The summed E-state index contributed by atoms with van der Waals surface area (Å²) < 4.78 is 16.0. The van der Waals surface area contributed by atoms with E-state index in [2.05, 4.69) is 10.5 Å². The second-order valence-corrected chi connectivity index (χ2v) is 5.56. The third kappa shape index (κ3) is 5.36. The van der Waals surface area contributed by atoms with E-state index in [9.17, 15) is 4.79 Å². The van der Waals surface area contributed by atoms with Gasteiger partial charge in [0.15, 0.2) is 11.5 Å². The Hall–Kier alpha value is -1.83. The number of hydrogen-bond acceptors (Lipinski definition) is 6. The molecule has 2 rings (SSSR count). The molecule has 0 atom stereocenters. The van der Waals surface area contributed by atoms with E-state index in [1.807, 2.05) is 11.8 Å².